The van der Waals surface area contributed by atoms with Crippen molar-refractivity contribution in [3.63, 3.8) is 0 Å². The number of hydrogen-bond acceptors (Lipinski definition) is 3. The molecule has 1 N–H and O–H groups in total. The van der Waals surface area contributed by atoms with Gasteiger partial charge in [0.05, 0.1) is 17.7 Å². The summed E-state index contributed by atoms with van der Waals surface area (Å²) in [6.07, 6.45) is -2.43. The molecule has 8 heteroatoms. The first-order valence-electron chi connectivity index (χ1n) is 8.79. The minimum absolute atomic E-state index is 0.0880. The van der Waals surface area contributed by atoms with Gasteiger partial charge in [0.25, 0.3) is 0 Å². The number of carbonyl (C=O) groups excluding carboxylic acids is 1. The first-order chi connectivity index (χ1) is 13.8. The van der Waals surface area contributed by atoms with Gasteiger partial charge in [-0.1, -0.05) is 29.8 Å². The number of nitrogens with zero attached hydrogens (tertiary/aromatic N) is 2. The molecule has 0 saturated heterocycles. The van der Waals surface area contributed by atoms with Crippen LogP contribution >= 0.6 is 11.3 Å². The van der Waals surface area contributed by atoms with Crippen molar-refractivity contribution in [3.05, 3.63) is 76.9 Å². The number of carbonyl (C=O) groups is 1. The van der Waals surface area contributed by atoms with E-state index in [0.717, 1.165) is 39.6 Å². The molecule has 4 rings (SSSR count). The third-order valence-electron chi connectivity index (χ3n) is 4.47. The number of alkyl halides is 3. The number of aromatic nitrogens is 2. The van der Waals surface area contributed by atoms with Crippen molar-refractivity contribution < 1.29 is 18.0 Å². The van der Waals surface area contributed by atoms with Crippen LogP contribution in [0.15, 0.2) is 60.1 Å². The summed E-state index contributed by atoms with van der Waals surface area (Å²) in [6.45, 7) is 2.02. The Balaban J connectivity index is 1.49. The van der Waals surface area contributed by atoms with Gasteiger partial charge in [-0.25, -0.2) is 4.98 Å². The Bertz CT molecular complexity index is 1160. The minimum atomic E-state index is -4.40. The van der Waals surface area contributed by atoms with E-state index < -0.39 is 11.7 Å². The van der Waals surface area contributed by atoms with Crippen LogP contribution in [0.3, 0.4) is 0 Å². The number of imidazole rings is 1. The predicted octanol–water partition coefficient (Wildman–Crippen LogP) is 5.57. The molecule has 148 valence electrons. The highest BCUT2D eigenvalue weighted by Crippen LogP contribution is 2.30. The predicted molar refractivity (Wildman–Crippen MR) is 107 cm³/mol. The van der Waals surface area contributed by atoms with E-state index in [1.807, 2.05) is 47.2 Å². The first kappa shape index (κ1) is 19.2. The molecule has 0 spiro atoms. The number of hydrogen-bond donors (Lipinski definition) is 1. The van der Waals surface area contributed by atoms with Gasteiger partial charge >= 0.3 is 6.18 Å². The van der Waals surface area contributed by atoms with Crippen LogP contribution in [-0.4, -0.2) is 15.3 Å². The summed E-state index contributed by atoms with van der Waals surface area (Å²) in [5, 5.41) is 4.49. The SMILES string of the molecule is Cc1ccc(-c2cn3c(CC(=O)Nc4ccc(C(F)(F)F)cc4)csc3n2)cc1. The fourth-order valence-electron chi connectivity index (χ4n) is 2.93. The number of halogens is 3. The fraction of sp³-hybridized carbons (Fsp3) is 0.143. The normalized spacial score (nSPS) is 11.7. The van der Waals surface area contributed by atoms with Crippen LogP contribution in [0.1, 0.15) is 16.8 Å². The number of amides is 1. The Labute approximate surface area is 168 Å². The molecule has 0 radical (unpaired) electrons. The number of benzene rings is 2. The van der Waals surface area contributed by atoms with Gasteiger partial charge in [0, 0.05) is 28.5 Å². The monoisotopic (exact) mass is 415 g/mol. The van der Waals surface area contributed by atoms with Gasteiger partial charge in [-0.15, -0.1) is 11.3 Å². The third kappa shape index (κ3) is 4.17. The lowest BCUT2D eigenvalue weighted by Gasteiger charge is -2.08. The summed E-state index contributed by atoms with van der Waals surface area (Å²) in [5.74, 6) is -0.310. The number of fused-ring (bicyclic) bond motifs is 1. The van der Waals surface area contributed by atoms with E-state index in [9.17, 15) is 18.0 Å². The molecule has 0 aliphatic carbocycles. The maximum absolute atomic E-state index is 12.6. The zero-order valence-corrected chi connectivity index (χ0v) is 16.1. The van der Waals surface area contributed by atoms with Crippen molar-refractivity contribution in [1.82, 2.24) is 9.38 Å². The highest BCUT2D eigenvalue weighted by Gasteiger charge is 2.30. The number of nitrogens with one attached hydrogen (secondary N) is 1. The average Bonchev–Trinajstić information content (AvgIpc) is 3.24. The quantitative estimate of drug-likeness (QED) is 0.474. The van der Waals surface area contributed by atoms with E-state index in [4.69, 9.17) is 0 Å². The van der Waals surface area contributed by atoms with Crippen LogP contribution in [0.4, 0.5) is 18.9 Å². The number of anilines is 1. The molecule has 0 aliphatic heterocycles. The number of rotatable bonds is 4. The molecule has 4 aromatic rings. The van der Waals surface area contributed by atoms with Crippen LogP contribution in [0.25, 0.3) is 16.2 Å². The Morgan fingerprint density at radius 2 is 1.79 bits per heavy atom. The average molecular weight is 415 g/mol. The molecule has 1 amide bonds. The summed E-state index contributed by atoms with van der Waals surface area (Å²) >= 11 is 1.43. The molecule has 2 heterocycles. The zero-order valence-electron chi connectivity index (χ0n) is 15.3. The maximum atomic E-state index is 12.6. The molecule has 0 fully saturated rings. The molecule has 29 heavy (non-hydrogen) atoms. The van der Waals surface area contributed by atoms with E-state index in [1.54, 1.807) is 0 Å². The Kier molecular flexibility index (Phi) is 4.87. The standard InChI is InChI=1S/C21H16F3N3OS/c1-13-2-4-14(5-3-13)18-11-27-17(12-29-20(27)26-18)10-19(28)25-16-8-6-15(7-9-16)21(22,23)24/h2-9,11-12H,10H2,1H3,(H,25,28). The van der Waals surface area contributed by atoms with E-state index in [2.05, 4.69) is 10.3 Å². The van der Waals surface area contributed by atoms with Crippen molar-refractivity contribution in [1.29, 1.82) is 0 Å². The van der Waals surface area contributed by atoms with E-state index in [1.165, 1.54) is 23.5 Å². The van der Waals surface area contributed by atoms with Gasteiger partial charge in [-0.2, -0.15) is 13.2 Å². The molecule has 0 aliphatic rings. The lowest BCUT2D eigenvalue weighted by molar-refractivity contribution is -0.137. The van der Waals surface area contributed by atoms with Gasteiger partial charge in [-0.3, -0.25) is 9.20 Å². The van der Waals surface area contributed by atoms with Crippen LogP contribution in [-0.2, 0) is 17.4 Å². The molecular formula is C21H16F3N3OS. The van der Waals surface area contributed by atoms with Crippen LogP contribution in [0.2, 0.25) is 0 Å². The first-order valence-corrected chi connectivity index (χ1v) is 9.67. The largest absolute Gasteiger partial charge is 0.416 e. The Morgan fingerprint density at radius 3 is 2.45 bits per heavy atom. The molecule has 2 aromatic carbocycles. The fourth-order valence-corrected chi connectivity index (χ4v) is 3.81. The van der Waals surface area contributed by atoms with Gasteiger partial charge in [0.15, 0.2) is 4.96 Å². The molecule has 0 saturated carbocycles. The van der Waals surface area contributed by atoms with Crippen molar-refractivity contribution in [2.45, 2.75) is 19.5 Å². The van der Waals surface area contributed by atoms with Crippen molar-refractivity contribution >= 4 is 27.9 Å². The zero-order chi connectivity index (χ0) is 20.6. The van der Waals surface area contributed by atoms with E-state index in [0.29, 0.717) is 5.69 Å². The molecule has 0 bridgehead atoms. The van der Waals surface area contributed by atoms with E-state index >= 15 is 0 Å². The highest BCUT2D eigenvalue weighted by atomic mass is 32.1. The number of thiazole rings is 1. The molecule has 0 atom stereocenters. The van der Waals surface area contributed by atoms with Crippen LogP contribution in [0.5, 0.6) is 0 Å². The van der Waals surface area contributed by atoms with Crippen LogP contribution in [0, 0.1) is 6.92 Å². The van der Waals surface area contributed by atoms with Crippen molar-refractivity contribution in [3.8, 4) is 11.3 Å². The Morgan fingerprint density at radius 1 is 1.10 bits per heavy atom. The summed E-state index contributed by atoms with van der Waals surface area (Å²) in [7, 11) is 0. The van der Waals surface area contributed by atoms with Crippen molar-refractivity contribution in [2.24, 2.45) is 0 Å². The lowest BCUT2D eigenvalue weighted by atomic mass is 10.1. The second-order valence-electron chi connectivity index (χ2n) is 6.67. The summed E-state index contributed by atoms with van der Waals surface area (Å²) < 4.78 is 39.8. The van der Waals surface area contributed by atoms with Gasteiger partial charge in [-0.05, 0) is 31.2 Å². The lowest BCUT2D eigenvalue weighted by Crippen LogP contribution is -2.15. The van der Waals surface area contributed by atoms with Gasteiger partial charge < -0.3 is 5.32 Å². The van der Waals surface area contributed by atoms with Gasteiger partial charge in [0.1, 0.15) is 0 Å². The van der Waals surface area contributed by atoms with Gasteiger partial charge in [0.2, 0.25) is 5.91 Å². The van der Waals surface area contributed by atoms with Crippen LogP contribution < -0.4 is 5.32 Å². The molecular weight excluding hydrogens is 399 g/mol. The Hall–Kier alpha value is -3.13. The van der Waals surface area contributed by atoms with Crippen molar-refractivity contribution in [2.75, 3.05) is 5.32 Å². The molecule has 2 aromatic heterocycles. The van der Waals surface area contributed by atoms with E-state index in [-0.39, 0.29) is 12.3 Å². The topological polar surface area (TPSA) is 46.4 Å². The summed E-state index contributed by atoms with van der Waals surface area (Å²) in [4.78, 5) is 17.7. The summed E-state index contributed by atoms with van der Waals surface area (Å²) in [6, 6.07) is 12.4. The molecule has 4 nitrogen and oxygen atoms in total. The summed E-state index contributed by atoms with van der Waals surface area (Å²) in [5.41, 5.74) is 3.31. The second-order valence-corrected chi connectivity index (χ2v) is 7.51. The third-order valence-corrected chi connectivity index (χ3v) is 5.36. The smallest absolute Gasteiger partial charge is 0.326 e. The molecule has 0 unspecified atom stereocenters. The minimum Gasteiger partial charge on any atom is -0.326 e. The second kappa shape index (κ2) is 7.36. The number of aryl methyl sites for hydroxylation is 1. The maximum Gasteiger partial charge on any atom is 0.416 e. The highest BCUT2D eigenvalue weighted by molar-refractivity contribution is 7.15.